The van der Waals surface area contributed by atoms with Crippen LogP contribution >= 0.6 is 11.8 Å². The van der Waals surface area contributed by atoms with Gasteiger partial charge < -0.3 is 5.43 Å². The van der Waals surface area contributed by atoms with Crippen molar-refractivity contribution < 1.29 is 0 Å². The van der Waals surface area contributed by atoms with Crippen LogP contribution in [0, 0.1) is 0 Å². The number of hydrogen-bond acceptors (Lipinski definition) is 3. The molecule has 4 heteroatoms. The van der Waals surface area contributed by atoms with Crippen molar-refractivity contribution in [3.8, 4) is 0 Å². The van der Waals surface area contributed by atoms with Crippen molar-refractivity contribution >= 4 is 17.6 Å². The number of nitrogens with zero attached hydrogens (tertiary/aromatic N) is 1. The van der Waals surface area contributed by atoms with Gasteiger partial charge in [-0.05, 0) is 6.92 Å². The van der Waals surface area contributed by atoms with Gasteiger partial charge >= 0.3 is 0 Å². The van der Waals surface area contributed by atoms with Crippen LogP contribution in [0.2, 0.25) is 0 Å². The summed E-state index contributed by atoms with van der Waals surface area (Å²) in [7, 11) is 0. The maximum absolute atomic E-state index is 5.12. The molecule has 11 heavy (non-hydrogen) atoms. The Morgan fingerprint density at radius 1 is 1.64 bits per heavy atom. The molecule has 0 aliphatic rings. The topological polar surface area (TPSA) is 50.4 Å². The molecule has 0 heterocycles. The highest BCUT2D eigenvalue weighted by atomic mass is 32.2. The van der Waals surface area contributed by atoms with Gasteiger partial charge in [0.1, 0.15) is 5.84 Å². The summed E-state index contributed by atoms with van der Waals surface area (Å²) in [6.45, 7) is 9.75. The molecule has 0 unspecified atom stereocenters. The first-order chi connectivity index (χ1) is 5.06. The van der Waals surface area contributed by atoms with Gasteiger partial charge in [-0.1, -0.05) is 20.4 Å². The maximum Gasteiger partial charge on any atom is 0.114 e. The Hall–Kier alpha value is -0.480. The van der Waals surface area contributed by atoms with E-state index in [-0.39, 0.29) is 0 Å². The van der Waals surface area contributed by atoms with Crippen LogP contribution in [0.1, 0.15) is 20.8 Å². The third kappa shape index (κ3) is 5.94. The van der Waals surface area contributed by atoms with Crippen molar-refractivity contribution in [1.82, 2.24) is 5.43 Å². The average Bonchev–Trinajstić information content (AvgIpc) is 1.85. The highest BCUT2D eigenvalue weighted by Crippen LogP contribution is 2.19. The average molecular weight is 173 g/mol. The van der Waals surface area contributed by atoms with Gasteiger partial charge in [0.2, 0.25) is 0 Å². The molecule has 0 bridgehead atoms. The van der Waals surface area contributed by atoms with Gasteiger partial charge in [-0.2, -0.15) is 0 Å². The zero-order valence-corrected chi connectivity index (χ0v) is 8.03. The fourth-order valence-corrected chi connectivity index (χ4v) is 1.25. The Kier molecular flexibility index (Phi) is 4.98. The van der Waals surface area contributed by atoms with E-state index in [2.05, 4.69) is 30.8 Å². The summed E-state index contributed by atoms with van der Waals surface area (Å²) in [6.07, 6.45) is 0. The monoisotopic (exact) mass is 173 g/mol. The zero-order valence-electron chi connectivity index (χ0n) is 7.22. The van der Waals surface area contributed by atoms with Crippen LogP contribution in [0.25, 0.3) is 0 Å². The highest BCUT2D eigenvalue weighted by Gasteiger charge is 1.97. The molecule has 0 aromatic heterocycles. The fraction of sp³-hybridized carbons (Fsp3) is 0.571. The maximum atomic E-state index is 5.12. The number of thioether (sulfide) groups is 1. The smallest absolute Gasteiger partial charge is 0.114 e. The second-order valence-corrected chi connectivity index (χ2v) is 4.05. The van der Waals surface area contributed by atoms with E-state index in [1.807, 2.05) is 0 Å². The molecule has 0 saturated heterocycles. The third-order valence-corrected chi connectivity index (χ3v) is 1.71. The summed E-state index contributed by atoms with van der Waals surface area (Å²) >= 11 is 1.62. The number of rotatable bonds is 3. The number of nitrogens with two attached hydrogens (primary N) is 1. The van der Waals surface area contributed by atoms with Gasteiger partial charge in [-0.3, -0.25) is 0 Å². The van der Waals surface area contributed by atoms with E-state index in [9.17, 15) is 0 Å². The Labute approximate surface area is 72.1 Å². The minimum absolute atomic E-state index is 0.511. The van der Waals surface area contributed by atoms with Crippen molar-refractivity contribution in [2.75, 3.05) is 0 Å². The molecule has 0 spiro atoms. The van der Waals surface area contributed by atoms with E-state index in [4.69, 9.17) is 5.84 Å². The van der Waals surface area contributed by atoms with Crippen LogP contribution in [-0.4, -0.2) is 11.1 Å². The molecule has 64 valence electrons. The molecule has 0 aromatic carbocycles. The van der Waals surface area contributed by atoms with E-state index >= 15 is 0 Å². The zero-order chi connectivity index (χ0) is 8.85. The predicted molar refractivity (Wildman–Crippen MR) is 52.3 cm³/mol. The van der Waals surface area contributed by atoms with Gasteiger partial charge in [-0.25, -0.2) is 10.8 Å². The minimum atomic E-state index is 0.511. The Morgan fingerprint density at radius 2 is 2.18 bits per heavy atom. The standard InChI is InChI=1S/C7H15N3S/c1-5(2)11-7(4)9-6(3)10-8/h5H,4,8H2,1-3H3,(H,9,10). The molecule has 0 amide bonds. The summed E-state index contributed by atoms with van der Waals surface area (Å²) in [4.78, 5) is 4.08. The van der Waals surface area contributed by atoms with Crippen molar-refractivity contribution in [2.45, 2.75) is 26.0 Å². The molecule has 0 atom stereocenters. The molecule has 0 rings (SSSR count). The lowest BCUT2D eigenvalue weighted by molar-refractivity contribution is 1.01. The first-order valence-corrected chi connectivity index (χ1v) is 4.31. The van der Waals surface area contributed by atoms with Crippen LogP contribution in [-0.2, 0) is 0 Å². The minimum Gasteiger partial charge on any atom is -0.312 e. The summed E-state index contributed by atoms with van der Waals surface area (Å²) in [6, 6.07) is 0. The predicted octanol–water partition coefficient (Wildman–Crippen LogP) is 1.48. The summed E-state index contributed by atoms with van der Waals surface area (Å²) < 4.78 is 0. The molecule has 3 N–H and O–H groups in total. The van der Waals surface area contributed by atoms with E-state index in [0.29, 0.717) is 11.1 Å². The molecule has 3 nitrogen and oxygen atoms in total. The summed E-state index contributed by atoms with van der Waals surface area (Å²) in [5.74, 6) is 5.80. The van der Waals surface area contributed by atoms with E-state index in [0.717, 1.165) is 5.03 Å². The number of amidine groups is 1. The van der Waals surface area contributed by atoms with Crippen molar-refractivity contribution in [2.24, 2.45) is 10.8 Å². The lowest BCUT2D eigenvalue weighted by atomic mass is 10.6. The van der Waals surface area contributed by atoms with Crippen LogP contribution < -0.4 is 11.3 Å². The lowest BCUT2D eigenvalue weighted by Crippen LogP contribution is -2.27. The van der Waals surface area contributed by atoms with Crippen LogP contribution in [0.5, 0.6) is 0 Å². The molecular weight excluding hydrogens is 158 g/mol. The number of hydrogen-bond donors (Lipinski definition) is 2. The normalized spacial score (nSPS) is 11.9. The first kappa shape index (κ1) is 10.5. The molecule has 0 aliphatic heterocycles. The number of nitrogens with one attached hydrogen (secondary N) is 1. The Morgan fingerprint density at radius 3 is 2.55 bits per heavy atom. The Balaban J connectivity index is 3.86. The van der Waals surface area contributed by atoms with Gasteiger partial charge in [0.05, 0.1) is 5.03 Å². The van der Waals surface area contributed by atoms with Gasteiger partial charge in [0.25, 0.3) is 0 Å². The van der Waals surface area contributed by atoms with Gasteiger partial charge in [0.15, 0.2) is 0 Å². The fourth-order valence-electron chi connectivity index (χ4n) is 0.518. The quantitative estimate of drug-likeness (QED) is 0.294. The second kappa shape index (κ2) is 5.21. The third-order valence-electron chi connectivity index (χ3n) is 0.873. The lowest BCUT2D eigenvalue weighted by Gasteiger charge is -2.04. The largest absolute Gasteiger partial charge is 0.312 e. The molecule has 0 radical (unpaired) electrons. The van der Waals surface area contributed by atoms with Crippen LogP contribution in [0.3, 0.4) is 0 Å². The van der Waals surface area contributed by atoms with Gasteiger partial charge in [0, 0.05) is 5.25 Å². The van der Waals surface area contributed by atoms with Crippen molar-refractivity contribution in [3.63, 3.8) is 0 Å². The van der Waals surface area contributed by atoms with Crippen molar-refractivity contribution in [1.29, 1.82) is 0 Å². The highest BCUT2D eigenvalue weighted by molar-refractivity contribution is 8.03. The van der Waals surface area contributed by atoms with Crippen LogP contribution in [0.4, 0.5) is 0 Å². The SMILES string of the molecule is C=C(N=C(C)NN)SC(C)C. The van der Waals surface area contributed by atoms with Gasteiger partial charge in [-0.15, -0.1) is 11.8 Å². The molecule has 0 fully saturated rings. The Bertz CT molecular complexity index is 163. The molecule has 0 aromatic rings. The van der Waals surface area contributed by atoms with Crippen molar-refractivity contribution in [3.05, 3.63) is 11.6 Å². The van der Waals surface area contributed by atoms with Crippen LogP contribution in [0.15, 0.2) is 16.6 Å². The molecular formula is C7H15N3S. The number of aliphatic imine (C=N–C) groups is 1. The van der Waals surface area contributed by atoms with E-state index < -0.39 is 0 Å². The van der Waals surface area contributed by atoms with E-state index in [1.165, 1.54) is 0 Å². The second-order valence-electron chi connectivity index (χ2n) is 2.40. The summed E-state index contributed by atoms with van der Waals surface area (Å²) in [5, 5.41) is 1.30. The molecule has 0 saturated carbocycles. The first-order valence-electron chi connectivity index (χ1n) is 3.43. The van der Waals surface area contributed by atoms with E-state index in [1.54, 1.807) is 18.7 Å². The molecule has 0 aliphatic carbocycles. The summed E-state index contributed by atoms with van der Waals surface area (Å²) in [5.41, 5.74) is 2.44. The number of hydrazine groups is 1.